The molecule has 0 saturated carbocycles. The number of carbonyl (C=O) groups excluding carboxylic acids is 2. The van der Waals surface area contributed by atoms with Crippen molar-refractivity contribution in [2.75, 3.05) is 13.1 Å². The highest BCUT2D eigenvalue weighted by Gasteiger charge is 2.27. The molecule has 2 amide bonds. The number of hydrogen-bond donors (Lipinski definition) is 2. The van der Waals surface area contributed by atoms with Crippen molar-refractivity contribution in [2.24, 2.45) is 5.92 Å². The molecule has 0 spiro atoms. The smallest absolute Gasteiger partial charge is 0.274 e. The molecule has 3 rings (SSSR count). The number of H-pyrrole nitrogens is 1. The van der Waals surface area contributed by atoms with E-state index < -0.39 is 0 Å². The van der Waals surface area contributed by atoms with Crippen LogP contribution in [-0.2, 0) is 17.8 Å². The minimum atomic E-state index is -0.00804. The van der Waals surface area contributed by atoms with Gasteiger partial charge in [0.25, 0.3) is 5.91 Å². The third-order valence-electron chi connectivity index (χ3n) is 5.69. The summed E-state index contributed by atoms with van der Waals surface area (Å²) in [5.74, 6) is 0.346. The second-order valence-corrected chi connectivity index (χ2v) is 8.10. The Morgan fingerprint density at radius 1 is 1.34 bits per heavy atom. The van der Waals surface area contributed by atoms with Crippen molar-refractivity contribution in [3.63, 3.8) is 0 Å². The van der Waals surface area contributed by atoms with Crippen molar-refractivity contribution < 1.29 is 9.59 Å². The molecule has 7 heteroatoms. The summed E-state index contributed by atoms with van der Waals surface area (Å²) in [4.78, 5) is 27.0. The van der Waals surface area contributed by atoms with Crippen LogP contribution in [0.15, 0.2) is 24.3 Å². The quantitative estimate of drug-likeness (QED) is 0.718. The van der Waals surface area contributed by atoms with Crippen LogP contribution in [0.5, 0.6) is 0 Å². The van der Waals surface area contributed by atoms with E-state index in [-0.39, 0.29) is 11.8 Å². The van der Waals surface area contributed by atoms with Gasteiger partial charge in [-0.05, 0) is 50.2 Å². The predicted octanol–water partition coefficient (Wildman–Crippen LogP) is 3.88. The van der Waals surface area contributed by atoms with Gasteiger partial charge in [0.2, 0.25) is 5.91 Å². The van der Waals surface area contributed by atoms with Crippen molar-refractivity contribution in [1.29, 1.82) is 0 Å². The van der Waals surface area contributed by atoms with E-state index in [1.807, 2.05) is 43.0 Å². The van der Waals surface area contributed by atoms with Crippen LogP contribution in [-0.4, -0.2) is 40.0 Å². The highest BCUT2D eigenvalue weighted by atomic mass is 35.5. The number of nitrogens with one attached hydrogen (secondary N) is 2. The van der Waals surface area contributed by atoms with Crippen LogP contribution in [0.25, 0.3) is 0 Å². The SMILES string of the molecule is CCc1[nH]nc(C(=O)N2CCCC(CCC(=O)NCc3ccccc3Cl)C2)c1C. The van der Waals surface area contributed by atoms with E-state index in [4.69, 9.17) is 11.6 Å². The molecule has 1 fully saturated rings. The Balaban J connectivity index is 1.48. The third kappa shape index (κ3) is 5.38. The Hall–Kier alpha value is -2.34. The second-order valence-electron chi connectivity index (χ2n) is 7.70. The zero-order chi connectivity index (χ0) is 20.8. The first kappa shape index (κ1) is 21.4. The summed E-state index contributed by atoms with van der Waals surface area (Å²) in [5, 5.41) is 10.8. The van der Waals surface area contributed by atoms with Crippen molar-refractivity contribution >= 4 is 23.4 Å². The Morgan fingerprint density at radius 2 is 2.14 bits per heavy atom. The van der Waals surface area contributed by atoms with Crippen LogP contribution in [0.3, 0.4) is 0 Å². The number of aryl methyl sites for hydroxylation is 1. The number of carbonyl (C=O) groups is 2. The average molecular weight is 417 g/mol. The van der Waals surface area contributed by atoms with Gasteiger partial charge in [-0.15, -0.1) is 0 Å². The largest absolute Gasteiger partial charge is 0.352 e. The second kappa shape index (κ2) is 9.92. The fraction of sp³-hybridized carbons (Fsp3) is 0.500. The minimum Gasteiger partial charge on any atom is -0.352 e. The van der Waals surface area contributed by atoms with Crippen molar-refractivity contribution in [3.8, 4) is 0 Å². The molecule has 2 N–H and O–H groups in total. The Morgan fingerprint density at radius 3 is 2.86 bits per heavy atom. The average Bonchev–Trinajstić information content (AvgIpc) is 3.11. The van der Waals surface area contributed by atoms with E-state index in [0.29, 0.717) is 36.1 Å². The molecule has 6 nitrogen and oxygen atoms in total. The fourth-order valence-corrected chi connectivity index (χ4v) is 4.08. The van der Waals surface area contributed by atoms with Gasteiger partial charge >= 0.3 is 0 Å². The summed E-state index contributed by atoms with van der Waals surface area (Å²) in [5.41, 5.74) is 3.40. The van der Waals surface area contributed by atoms with Crippen molar-refractivity contribution in [2.45, 2.75) is 52.5 Å². The van der Waals surface area contributed by atoms with Gasteiger partial charge in [0.15, 0.2) is 5.69 Å². The maximum atomic E-state index is 12.9. The number of halogens is 1. The summed E-state index contributed by atoms with van der Waals surface area (Å²) in [7, 11) is 0. The van der Waals surface area contributed by atoms with Gasteiger partial charge in [-0.25, -0.2) is 0 Å². The Labute approximate surface area is 177 Å². The molecule has 1 aliphatic rings. The van der Waals surface area contributed by atoms with Gasteiger partial charge in [0, 0.05) is 42.3 Å². The number of amides is 2. The van der Waals surface area contributed by atoms with Crippen LogP contribution in [0.1, 0.15) is 59.9 Å². The molecule has 2 aromatic rings. The maximum Gasteiger partial charge on any atom is 0.274 e. The van der Waals surface area contributed by atoms with E-state index in [2.05, 4.69) is 15.5 Å². The first-order valence-electron chi connectivity index (χ1n) is 10.3. The molecule has 0 bridgehead atoms. The van der Waals surface area contributed by atoms with Gasteiger partial charge in [-0.3, -0.25) is 14.7 Å². The first-order valence-corrected chi connectivity index (χ1v) is 10.7. The normalized spacial score (nSPS) is 16.7. The third-order valence-corrected chi connectivity index (χ3v) is 6.06. The number of aromatic nitrogens is 2. The molecule has 29 heavy (non-hydrogen) atoms. The predicted molar refractivity (Wildman–Crippen MR) is 114 cm³/mol. The highest BCUT2D eigenvalue weighted by molar-refractivity contribution is 6.31. The van der Waals surface area contributed by atoms with Gasteiger partial charge < -0.3 is 10.2 Å². The van der Waals surface area contributed by atoms with Crippen LogP contribution in [0, 0.1) is 12.8 Å². The molecule has 1 aromatic heterocycles. The van der Waals surface area contributed by atoms with Crippen LogP contribution < -0.4 is 5.32 Å². The van der Waals surface area contributed by atoms with Gasteiger partial charge in [-0.2, -0.15) is 5.10 Å². The molecule has 2 heterocycles. The number of aromatic amines is 1. The standard InChI is InChI=1S/C22H29ClN4O2/c1-3-19-15(2)21(26-25-19)22(29)27-12-6-7-16(14-27)10-11-20(28)24-13-17-8-4-5-9-18(17)23/h4-5,8-9,16H,3,6-7,10-14H2,1-2H3,(H,24,28)(H,25,26). The van der Waals surface area contributed by atoms with Crippen molar-refractivity contribution in [3.05, 3.63) is 51.8 Å². The molecule has 1 unspecified atom stereocenters. The summed E-state index contributed by atoms with van der Waals surface area (Å²) in [6, 6.07) is 7.51. The van der Waals surface area contributed by atoms with Crippen LogP contribution in [0.4, 0.5) is 0 Å². The minimum absolute atomic E-state index is 0.00804. The molecule has 0 aliphatic carbocycles. The van der Waals surface area contributed by atoms with E-state index in [9.17, 15) is 9.59 Å². The zero-order valence-electron chi connectivity index (χ0n) is 17.1. The number of likely N-dealkylation sites (tertiary alicyclic amines) is 1. The van der Waals surface area contributed by atoms with E-state index in [1.165, 1.54) is 0 Å². The molecule has 1 aromatic carbocycles. The van der Waals surface area contributed by atoms with Crippen molar-refractivity contribution in [1.82, 2.24) is 20.4 Å². The Kier molecular flexibility index (Phi) is 7.31. The monoisotopic (exact) mass is 416 g/mol. The maximum absolute atomic E-state index is 12.9. The number of hydrogen-bond acceptors (Lipinski definition) is 3. The molecule has 0 radical (unpaired) electrons. The number of piperidine rings is 1. The highest BCUT2D eigenvalue weighted by Crippen LogP contribution is 2.23. The summed E-state index contributed by atoms with van der Waals surface area (Å²) >= 11 is 6.13. The van der Waals surface area contributed by atoms with E-state index >= 15 is 0 Å². The molecule has 156 valence electrons. The number of rotatable bonds is 7. The number of benzene rings is 1. The fourth-order valence-electron chi connectivity index (χ4n) is 3.88. The van der Waals surface area contributed by atoms with E-state index in [0.717, 1.165) is 49.0 Å². The van der Waals surface area contributed by atoms with Gasteiger partial charge in [0.05, 0.1) is 0 Å². The zero-order valence-corrected chi connectivity index (χ0v) is 17.9. The summed E-state index contributed by atoms with van der Waals surface area (Å²) in [6.07, 6.45) is 4.07. The molecular formula is C22H29ClN4O2. The lowest BCUT2D eigenvalue weighted by Crippen LogP contribution is -2.40. The van der Waals surface area contributed by atoms with E-state index in [1.54, 1.807) is 0 Å². The number of nitrogens with zero attached hydrogens (tertiary/aromatic N) is 2. The summed E-state index contributed by atoms with van der Waals surface area (Å²) < 4.78 is 0. The lowest BCUT2D eigenvalue weighted by Gasteiger charge is -2.32. The lowest BCUT2D eigenvalue weighted by atomic mass is 9.93. The summed E-state index contributed by atoms with van der Waals surface area (Å²) in [6.45, 7) is 5.86. The van der Waals surface area contributed by atoms with Crippen LogP contribution in [0.2, 0.25) is 5.02 Å². The molecule has 1 aliphatic heterocycles. The first-order chi connectivity index (χ1) is 14.0. The van der Waals surface area contributed by atoms with Crippen LogP contribution >= 0.6 is 11.6 Å². The van der Waals surface area contributed by atoms with Gasteiger partial charge in [0.1, 0.15) is 0 Å². The molecule has 1 atom stereocenters. The van der Waals surface area contributed by atoms with Gasteiger partial charge in [-0.1, -0.05) is 36.7 Å². The molecule has 1 saturated heterocycles. The lowest BCUT2D eigenvalue weighted by molar-refractivity contribution is -0.121. The Bertz CT molecular complexity index is 864. The topological polar surface area (TPSA) is 78.1 Å². The molecular weight excluding hydrogens is 388 g/mol.